The van der Waals surface area contributed by atoms with Crippen LogP contribution in [0.1, 0.15) is 0 Å². The van der Waals surface area contributed by atoms with Crippen molar-refractivity contribution in [2.24, 2.45) is 0 Å². The van der Waals surface area contributed by atoms with Gasteiger partial charge in [0.2, 0.25) is 0 Å². The maximum atomic E-state index is 5.76. The van der Waals surface area contributed by atoms with Crippen molar-refractivity contribution in [3.63, 3.8) is 0 Å². The number of hydrogen-bond acceptors (Lipinski definition) is 5. The SMILES string of the molecule is COc1cc(OC)cc(-c2ccc3c(N)[nH]nc3n2)c1. The van der Waals surface area contributed by atoms with Crippen LogP contribution in [-0.4, -0.2) is 29.4 Å². The van der Waals surface area contributed by atoms with E-state index in [0.29, 0.717) is 23.0 Å². The molecule has 2 aromatic heterocycles. The molecule has 0 aliphatic heterocycles. The molecule has 0 amide bonds. The quantitative estimate of drug-likeness (QED) is 0.762. The van der Waals surface area contributed by atoms with Gasteiger partial charge in [0.1, 0.15) is 17.3 Å². The Bertz CT molecular complexity index is 745. The number of pyridine rings is 1. The number of benzene rings is 1. The fraction of sp³-hybridized carbons (Fsp3) is 0.143. The monoisotopic (exact) mass is 270 g/mol. The Hall–Kier alpha value is -2.76. The number of ether oxygens (including phenoxy) is 2. The van der Waals surface area contributed by atoms with Gasteiger partial charge in [0.25, 0.3) is 0 Å². The highest BCUT2D eigenvalue weighted by molar-refractivity contribution is 5.87. The van der Waals surface area contributed by atoms with Gasteiger partial charge in [-0.05, 0) is 24.3 Å². The van der Waals surface area contributed by atoms with E-state index >= 15 is 0 Å². The lowest BCUT2D eigenvalue weighted by molar-refractivity contribution is 0.394. The lowest BCUT2D eigenvalue weighted by Crippen LogP contribution is -1.91. The minimum absolute atomic E-state index is 0.516. The molecular weight excluding hydrogens is 256 g/mol. The second-order valence-corrected chi connectivity index (χ2v) is 4.31. The lowest BCUT2D eigenvalue weighted by atomic mass is 10.1. The zero-order chi connectivity index (χ0) is 14.1. The molecule has 0 atom stereocenters. The second kappa shape index (κ2) is 4.73. The first kappa shape index (κ1) is 12.3. The number of nitrogens with one attached hydrogen (secondary N) is 1. The maximum absolute atomic E-state index is 5.76. The van der Waals surface area contributed by atoms with E-state index in [1.54, 1.807) is 14.2 Å². The number of aromatic amines is 1. The number of nitrogen functional groups attached to an aromatic ring is 1. The molecule has 0 aliphatic rings. The van der Waals surface area contributed by atoms with Gasteiger partial charge in [-0.15, -0.1) is 0 Å². The minimum Gasteiger partial charge on any atom is -0.497 e. The fourth-order valence-electron chi connectivity index (χ4n) is 2.03. The molecule has 6 heteroatoms. The van der Waals surface area contributed by atoms with Gasteiger partial charge in [-0.3, -0.25) is 5.10 Å². The summed E-state index contributed by atoms with van der Waals surface area (Å²) in [5, 5.41) is 7.59. The Labute approximate surface area is 115 Å². The average Bonchev–Trinajstić information content (AvgIpc) is 2.87. The van der Waals surface area contributed by atoms with E-state index in [-0.39, 0.29) is 0 Å². The Balaban J connectivity index is 2.14. The molecule has 0 aliphatic carbocycles. The Morgan fingerprint density at radius 2 is 1.75 bits per heavy atom. The summed E-state index contributed by atoms with van der Waals surface area (Å²) in [4.78, 5) is 4.48. The van der Waals surface area contributed by atoms with Gasteiger partial charge >= 0.3 is 0 Å². The maximum Gasteiger partial charge on any atom is 0.183 e. The van der Waals surface area contributed by atoms with E-state index in [1.165, 1.54) is 0 Å². The first-order chi connectivity index (χ1) is 9.71. The molecule has 0 saturated carbocycles. The van der Waals surface area contributed by atoms with Gasteiger partial charge in [0.05, 0.1) is 25.3 Å². The molecular formula is C14H14N4O2. The third-order valence-electron chi connectivity index (χ3n) is 3.09. The molecule has 6 nitrogen and oxygen atoms in total. The zero-order valence-corrected chi connectivity index (χ0v) is 11.2. The number of nitrogens with two attached hydrogens (primary N) is 1. The Morgan fingerprint density at radius 3 is 2.40 bits per heavy atom. The number of rotatable bonds is 3. The third kappa shape index (κ3) is 2.01. The highest BCUT2D eigenvalue weighted by atomic mass is 16.5. The molecule has 3 aromatic rings. The van der Waals surface area contributed by atoms with E-state index in [1.807, 2.05) is 30.3 Å². The van der Waals surface area contributed by atoms with Crippen molar-refractivity contribution in [3.05, 3.63) is 30.3 Å². The summed E-state index contributed by atoms with van der Waals surface area (Å²) >= 11 is 0. The van der Waals surface area contributed by atoms with Gasteiger partial charge in [0, 0.05) is 11.6 Å². The molecule has 2 heterocycles. The van der Waals surface area contributed by atoms with E-state index in [2.05, 4.69) is 15.2 Å². The van der Waals surface area contributed by atoms with Crippen molar-refractivity contribution in [2.75, 3.05) is 20.0 Å². The van der Waals surface area contributed by atoms with Crippen LogP contribution in [0.3, 0.4) is 0 Å². The topological polar surface area (TPSA) is 86.0 Å². The molecule has 0 radical (unpaired) electrons. The van der Waals surface area contributed by atoms with Crippen LogP contribution in [-0.2, 0) is 0 Å². The van der Waals surface area contributed by atoms with Gasteiger partial charge < -0.3 is 15.2 Å². The van der Waals surface area contributed by atoms with Gasteiger partial charge in [-0.2, -0.15) is 5.10 Å². The second-order valence-electron chi connectivity index (χ2n) is 4.31. The number of hydrogen-bond donors (Lipinski definition) is 2. The Morgan fingerprint density at radius 1 is 1.05 bits per heavy atom. The summed E-state index contributed by atoms with van der Waals surface area (Å²) in [5.74, 6) is 1.94. The van der Waals surface area contributed by atoms with Crippen LogP contribution in [0.25, 0.3) is 22.3 Å². The molecule has 0 unspecified atom stereocenters. The standard InChI is InChI=1S/C14H14N4O2/c1-19-9-5-8(6-10(7-9)20-2)12-4-3-11-13(15)17-18-14(11)16-12/h3-7H,1-2H3,(H3,15,16,17,18). The number of fused-ring (bicyclic) bond motifs is 1. The van der Waals surface area contributed by atoms with Crippen LogP contribution < -0.4 is 15.2 Å². The number of nitrogens with zero attached hydrogens (tertiary/aromatic N) is 2. The predicted molar refractivity (Wildman–Crippen MR) is 76.8 cm³/mol. The van der Waals surface area contributed by atoms with Crippen LogP contribution in [0.5, 0.6) is 11.5 Å². The van der Waals surface area contributed by atoms with Gasteiger partial charge in [-0.1, -0.05) is 0 Å². The van der Waals surface area contributed by atoms with E-state index < -0.39 is 0 Å². The van der Waals surface area contributed by atoms with Crippen LogP contribution in [0, 0.1) is 0 Å². The molecule has 0 saturated heterocycles. The molecule has 3 N–H and O–H groups in total. The fourth-order valence-corrected chi connectivity index (χ4v) is 2.03. The summed E-state index contributed by atoms with van der Waals surface area (Å²) in [6.45, 7) is 0. The van der Waals surface area contributed by atoms with Gasteiger partial charge in [0.15, 0.2) is 5.65 Å². The summed E-state index contributed by atoms with van der Waals surface area (Å²) < 4.78 is 10.5. The number of methoxy groups -OCH3 is 2. The molecule has 102 valence electrons. The van der Waals surface area contributed by atoms with Crippen molar-refractivity contribution in [1.82, 2.24) is 15.2 Å². The van der Waals surface area contributed by atoms with Crippen LogP contribution in [0.4, 0.5) is 5.82 Å². The normalized spacial score (nSPS) is 10.7. The first-order valence-electron chi connectivity index (χ1n) is 6.05. The summed E-state index contributed by atoms with van der Waals surface area (Å²) in [7, 11) is 3.23. The van der Waals surface area contributed by atoms with Crippen molar-refractivity contribution >= 4 is 16.9 Å². The number of anilines is 1. The average molecular weight is 270 g/mol. The largest absolute Gasteiger partial charge is 0.497 e. The number of H-pyrrole nitrogens is 1. The number of aromatic nitrogens is 3. The van der Waals surface area contributed by atoms with E-state index in [0.717, 1.165) is 16.6 Å². The molecule has 20 heavy (non-hydrogen) atoms. The lowest BCUT2D eigenvalue weighted by Gasteiger charge is -2.08. The van der Waals surface area contributed by atoms with Gasteiger partial charge in [-0.25, -0.2) is 4.98 Å². The van der Waals surface area contributed by atoms with Crippen molar-refractivity contribution in [1.29, 1.82) is 0 Å². The molecule has 0 fully saturated rings. The van der Waals surface area contributed by atoms with E-state index in [4.69, 9.17) is 15.2 Å². The molecule has 3 rings (SSSR count). The summed E-state index contributed by atoms with van der Waals surface area (Å²) in [6, 6.07) is 9.39. The highest BCUT2D eigenvalue weighted by Gasteiger charge is 2.09. The summed E-state index contributed by atoms with van der Waals surface area (Å²) in [5.41, 5.74) is 8.02. The van der Waals surface area contributed by atoms with Crippen LogP contribution >= 0.6 is 0 Å². The van der Waals surface area contributed by atoms with Crippen molar-refractivity contribution in [3.8, 4) is 22.8 Å². The predicted octanol–water partition coefficient (Wildman–Crippen LogP) is 2.22. The van der Waals surface area contributed by atoms with Crippen LogP contribution in [0.15, 0.2) is 30.3 Å². The van der Waals surface area contributed by atoms with Crippen LogP contribution in [0.2, 0.25) is 0 Å². The molecule has 0 bridgehead atoms. The summed E-state index contributed by atoms with van der Waals surface area (Å²) in [6.07, 6.45) is 0. The minimum atomic E-state index is 0.516. The highest BCUT2D eigenvalue weighted by Crippen LogP contribution is 2.30. The van der Waals surface area contributed by atoms with Crippen molar-refractivity contribution < 1.29 is 9.47 Å². The van der Waals surface area contributed by atoms with E-state index in [9.17, 15) is 0 Å². The van der Waals surface area contributed by atoms with Crippen molar-refractivity contribution in [2.45, 2.75) is 0 Å². The smallest absolute Gasteiger partial charge is 0.183 e. The Kier molecular flexibility index (Phi) is 2.90. The zero-order valence-electron chi connectivity index (χ0n) is 11.2. The first-order valence-corrected chi connectivity index (χ1v) is 6.05. The third-order valence-corrected chi connectivity index (χ3v) is 3.09. The molecule has 0 spiro atoms. The molecule has 1 aromatic carbocycles.